The van der Waals surface area contributed by atoms with Crippen LogP contribution in [0.4, 0.5) is 0 Å². The highest BCUT2D eigenvalue weighted by Gasteiger charge is 2.35. The van der Waals surface area contributed by atoms with E-state index in [0.717, 1.165) is 31.3 Å². The van der Waals surface area contributed by atoms with Crippen LogP contribution in [0.3, 0.4) is 0 Å². The number of phenolic OH excluding ortho intramolecular Hbond substituents is 1. The van der Waals surface area contributed by atoms with Gasteiger partial charge in [0.1, 0.15) is 5.75 Å². The Kier molecular flexibility index (Phi) is 10.5. The van der Waals surface area contributed by atoms with Crippen LogP contribution in [0.2, 0.25) is 0 Å². The van der Waals surface area contributed by atoms with E-state index in [9.17, 15) is 19.8 Å². The third-order valence-electron chi connectivity index (χ3n) is 9.92. The van der Waals surface area contributed by atoms with Crippen LogP contribution in [-0.4, -0.2) is 83.4 Å². The molecule has 0 radical (unpaired) electrons. The number of aromatic amines is 1. The zero-order valence-electron chi connectivity index (χ0n) is 26.3. The number of hydrogen-bond donors (Lipinski definition) is 4. The van der Waals surface area contributed by atoms with E-state index in [1.165, 1.54) is 68.5 Å². The van der Waals surface area contributed by atoms with E-state index in [4.69, 9.17) is 4.74 Å². The van der Waals surface area contributed by atoms with Crippen molar-refractivity contribution in [3.05, 3.63) is 75.6 Å². The number of hydrogen-bond acceptors (Lipinski definition) is 7. The lowest BCUT2D eigenvalue weighted by molar-refractivity contribution is -0.132. The molecular formula is C36H48N4O5. The smallest absolute Gasteiger partial charge is 0.248 e. The van der Waals surface area contributed by atoms with Crippen molar-refractivity contribution in [2.24, 2.45) is 17.8 Å². The molecule has 1 saturated heterocycles. The van der Waals surface area contributed by atoms with Crippen LogP contribution in [0.5, 0.6) is 5.75 Å². The van der Waals surface area contributed by atoms with Gasteiger partial charge in [-0.1, -0.05) is 36.8 Å². The van der Waals surface area contributed by atoms with Crippen LogP contribution < -0.4 is 10.9 Å². The highest BCUT2D eigenvalue weighted by molar-refractivity contribution is 5.87. The van der Waals surface area contributed by atoms with E-state index < -0.39 is 6.10 Å². The third kappa shape index (κ3) is 8.52. The Morgan fingerprint density at radius 3 is 2.51 bits per heavy atom. The number of aromatic hydroxyl groups is 1. The van der Waals surface area contributed by atoms with Gasteiger partial charge in [0, 0.05) is 57.3 Å². The number of likely N-dealkylation sites (tertiary alicyclic amines) is 1. The average Bonchev–Trinajstić information content (AvgIpc) is 3.62. The molecule has 1 aromatic heterocycles. The number of amides is 1. The SMILES string of the molecule is O=C(CCOCCc1ccc(CN2CC3CCCC3C2)cc1)N(CCNC[C@H](O)c1ccc(O)c2[nH]c(=O)ccc12)CC1CC1. The van der Waals surface area contributed by atoms with Crippen molar-refractivity contribution >= 4 is 16.8 Å². The first-order valence-electron chi connectivity index (χ1n) is 16.8. The first-order chi connectivity index (χ1) is 21.9. The summed E-state index contributed by atoms with van der Waals surface area (Å²) in [7, 11) is 0. The summed E-state index contributed by atoms with van der Waals surface area (Å²) in [4.78, 5) is 31.9. The Morgan fingerprint density at radius 1 is 1.00 bits per heavy atom. The van der Waals surface area contributed by atoms with E-state index in [0.29, 0.717) is 55.1 Å². The summed E-state index contributed by atoms with van der Waals surface area (Å²) >= 11 is 0. The minimum Gasteiger partial charge on any atom is -0.506 e. The molecule has 3 atom stereocenters. The number of carbonyl (C=O) groups excluding carboxylic acids is 1. The molecule has 2 aliphatic carbocycles. The van der Waals surface area contributed by atoms with E-state index in [2.05, 4.69) is 39.5 Å². The molecule has 2 saturated carbocycles. The lowest BCUT2D eigenvalue weighted by Gasteiger charge is -2.23. The Labute approximate surface area is 265 Å². The van der Waals surface area contributed by atoms with E-state index >= 15 is 0 Å². The van der Waals surface area contributed by atoms with Gasteiger partial charge in [0.15, 0.2) is 0 Å². The van der Waals surface area contributed by atoms with Crippen molar-refractivity contribution in [1.29, 1.82) is 0 Å². The number of aromatic nitrogens is 1. The van der Waals surface area contributed by atoms with Crippen LogP contribution in [-0.2, 0) is 22.5 Å². The summed E-state index contributed by atoms with van der Waals surface area (Å²) in [5.74, 6) is 2.51. The number of pyridine rings is 1. The number of benzene rings is 2. The Morgan fingerprint density at radius 2 is 1.76 bits per heavy atom. The number of ether oxygens (including phenoxy) is 1. The van der Waals surface area contributed by atoms with Crippen LogP contribution in [0.1, 0.15) is 61.3 Å². The summed E-state index contributed by atoms with van der Waals surface area (Å²) < 4.78 is 5.87. The number of phenols is 1. The second-order valence-corrected chi connectivity index (χ2v) is 13.4. The predicted octanol–water partition coefficient (Wildman–Crippen LogP) is 3.98. The molecule has 9 nitrogen and oxygen atoms in total. The minimum atomic E-state index is -0.832. The molecule has 242 valence electrons. The van der Waals surface area contributed by atoms with E-state index in [1.54, 1.807) is 12.1 Å². The van der Waals surface area contributed by atoms with Crippen molar-refractivity contribution < 1.29 is 19.7 Å². The van der Waals surface area contributed by atoms with Gasteiger partial charge in [-0.25, -0.2) is 0 Å². The van der Waals surface area contributed by atoms with Gasteiger partial charge in [-0.15, -0.1) is 0 Å². The number of carbonyl (C=O) groups is 1. The second kappa shape index (κ2) is 14.9. The fourth-order valence-electron chi connectivity index (χ4n) is 7.18. The molecule has 1 amide bonds. The molecule has 1 aliphatic heterocycles. The summed E-state index contributed by atoms with van der Waals surface area (Å²) in [6, 6.07) is 15.1. The molecule has 9 heteroatoms. The molecule has 0 spiro atoms. The number of fused-ring (bicyclic) bond motifs is 2. The first-order valence-corrected chi connectivity index (χ1v) is 16.8. The van der Waals surface area contributed by atoms with Gasteiger partial charge in [0.2, 0.25) is 11.5 Å². The van der Waals surface area contributed by atoms with E-state index in [1.807, 2.05) is 4.90 Å². The summed E-state index contributed by atoms with van der Waals surface area (Å²) in [5, 5.41) is 24.8. The van der Waals surface area contributed by atoms with Gasteiger partial charge in [0.25, 0.3) is 0 Å². The Hall–Kier alpha value is -3.24. The maximum Gasteiger partial charge on any atom is 0.248 e. The average molecular weight is 617 g/mol. The monoisotopic (exact) mass is 616 g/mol. The number of aliphatic hydroxyl groups is 1. The normalized spacial score (nSPS) is 20.5. The molecule has 2 aromatic carbocycles. The molecule has 3 aromatic rings. The highest BCUT2D eigenvalue weighted by Crippen LogP contribution is 2.38. The largest absolute Gasteiger partial charge is 0.506 e. The topological polar surface area (TPSA) is 118 Å². The highest BCUT2D eigenvalue weighted by atomic mass is 16.5. The van der Waals surface area contributed by atoms with Crippen LogP contribution in [0, 0.1) is 17.8 Å². The van der Waals surface area contributed by atoms with Crippen LogP contribution in [0.15, 0.2) is 53.3 Å². The zero-order valence-corrected chi connectivity index (χ0v) is 26.3. The molecule has 2 heterocycles. The number of H-pyrrole nitrogens is 1. The zero-order chi connectivity index (χ0) is 31.2. The standard InChI is InChI=1S/C36H48N4O5/c41-32-12-10-30(31-11-13-34(43)38-36(31)32)33(42)20-37-16-17-40(22-27-8-9-27)35(44)15-19-45-18-14-25-4-6-26(7-5-25)21-39-23-28-2-1-3-29(28)24-39/h4-7,10-13,27-29,33,37,41-42H,1-3,8-9,14-24H2,(H,38,43)/t28?,29?,33-/m0/s1. The molecule has 6 rings (SSSR count). The number of rotatable bonds is 16. The van der Waals surface area contributed by atoms with Gasteiger partial charge in [-0.05, 0) is 78.7 Å². The molecule has 3 fully saturated rings. The Bertz CT molecular complexity index is 1480. The Balaban J connectivity index is 0.887. The summed E-state index contributed by atoms with van der Waals surface area (Å²) in [5.41, 5.74) is 3.27. The fraction of sp³-hybridized carbons (Fsp3) is 0.556. The van der Waals surface area contributed by atoms with Crippen molar-refractivity contribution in [3.63, 3.8) is 0 Å². The van der Waals surface area contributed by atoms with Crippen molar-refractivity contribution in [2.75, 3.05) is 52.5 Å². The van der Waals surface area contributed by atoms with Crippen molar-refractivity contribution in [2.45, 2.75) is 57.6 Å². The quantitative estimate of drug-likeness (QED) is 0.180. The number of nitrogens with one attached hydrogen (secondary N) is 2. The third-order valence-corrected chi connectivity index (χ3v) is 9.92. The number of aliphatic hydroxyl groups excluding tert-OH is 1. The van der Waals surface area contributed by atoms with Gasteiger partial charge in [0.05, 0.1) is 31.3 Å². The van der Waals surface area contributed by atoms with Crippen molar-refractivity contribution in [1.82, 2.24) is 20.1 Å². The lowest BCUT2D eigenvalue weighted by atomic mass is 10.0. The second-order valence-electron chi connectivity index (χ2n) is 13.4. The maximum absolute atomic E-state index is 13.1. The van der Waals surface area contributed by atoms with Gasteiger partial charge in [-0.3, -0.25) is 14.5 Å². The lowest BCUT2D eigenvalue weighted by Crippen LogP contribution is -2.39. The van der Waals surface area contributed by atoms with Gasteiger partial charge in [-0.2, -0.15) is 0 Å². The van der Waals surface area contributed by atoms with Crippen LogP contribution >= 0.6 is 0 Å². The van der Waals surface area contributed by atoms with Gasteiger partial charge >= 0.3 is 0 Å². The first kappa shape index (κ1) is 31.7. The minimum absolute atomic E-state index is 0.0341. The van der Waals surface area contributed by atoms with Crippen LogP contribution in [0.25, 0.3) is 10.9 Å². The molecular weight excluding hydrogens is 568 g/mol. The summed E-state index contributed by atoms with van der Waals surface area (Å²) in [6.45, 7) is 6.77. The molecule has 3 aliphatic rings. The fourth-order valence-corrected chi connectivity index (χ4v) is 7.18. The predicted molar refractivity (Wildman–Crippen MR) is 175 cm³/mol. The van der Waals surface area contributed by atoms with Crippen molar-refractivity contribution in [3.8, 4) is 5.75 Å². The molecule has 4 N–H and O–H groups in total. The maximum atomic E-state index is 13.1. The molecule has 0 bridgehead atoms. The van der Waals surface area contributed by atoms with E-state index in [-0.39, 0.29) is 23.8 Å². The number of nitrogens with zero attached hydrogens (tertiary/aromatic N) is 2. The molecule has 45 heavy (non-hydrogen) atoms. The van der Waals surface area contributed by atoms with Gasteiger partial charge < -0.3 is 30.2 Å². The molecule has 2 unspecified atom stereocenters. The summed E-state index contributed by atoms with van der Waals surface area (Å²) in [6.07, 6.45) is 6.96.